The Bertz CT molecular complexity index is 1110. The standard InChI is InChI=1S/C27H25ClN4O/c28-24-13-7-8-14-25(24)30-27(33)23(19-29)20-31-15-17-32(18-16-31)26(21-9-3-1-4-10-21)22-11-5-2-6-12-22/h1-14,20,26H,15-18H2,(H,30,33)/b23-20-. The predicted molar refractivity (Wildman–Crippen MR) is 132 cm³/mol. The molecule has 1 heterocycles. The summed E-state index contributed by atoms with van der Waals surface area (Å²) in [4.78, 5) is 17.1. The van der Waals surface area contributed by atoms with Gasteiger partial charge in [0.1, 0.15) is 11.6 Å². The van der Waals surface area contributed by atoms with Crippen LogP contribution in [0.3, 0.4) is 0 Å². The summed E-state index contributed by atoms with van der Waals surface area (Å²) < 4.78 is 0. The van der Waals surface area contributed by atoms with Crippen LogP contribution < -0.4 is 5.32 Å². The number of piperazine rings is 1. The number of hydrogen-bond acceptors (Lipinski definition) is 4. The molecule has 0 aliphatic carbocycles. The van der Waals surface area contributed by atoms with Crippen LogP contribution in [0.4, 0.5) is 5.69 Å². The van der Waals surface area contributed by atoms with Crippen LogP contribution in [0, 0.1) is 11.3 Å². The zero-order valence-corrected chi connectivity index (χ0v) is 18.9. The number of nitrogens with one attached hydrogen (secondary N) is 1. The lowest BCUT2D eigenvalue weighted by atomic mass is 9.96. The zero-order chi connectivity index (χ0) is 23.0. The molecule has 6 heteroatoms. The van der Waals surface area contributed by atoms with Crippen molar-refractivity contribution in [2.75, 3.05) is 31.5 Å². The third-order valence-electron chi connectivity index (χ3n) is 5.74. The largest absolute Gasteiger partial charge is 0.374 e. The van der Waals surface area contributed by atoms with Gasteiger partial charge in [-0.1, -0.05) is 84.4 Å². The third-order valence-corrected chi connectivity index (χ3v) is 6.07. The average Bonchev–Trinajstić information content (AvgIpc) is 2.86. The van der Waals surface area contributed by atoms with Crippen molar-refractivity contribution in [3.8, 4) is 6.07 Å². The molecule has 3 aromatic carbocycles. The van der Waals surface area contributed by atoms with Crippen LogP contribution in [0.2, 0.25) is 5.02 Å². The number of rotatable bonds is 6. The van der Waals surface area contributed by atoms with Gasteiger partial charge in [-0.3, -0.25) is 9.69 Å². The van der Waals surface area contributed by atoms with E-state index in [4.69, 9.17) is 11.6 Å². The molecule has 0 aromatic heterocycles. The van der Waals surface area contributed by atoms with Crippen molar-refractivity contribution in [2.45, 2.75) is 6.04 Å². The number of anilines is 1. The van der Waals surface area contributed by atoms with E-state index in [1.807, 2.05) is 23.1 Å². The Morgan fingerprint density at radius 1 is 0.879 bits per heavy atom. The molecule has 0 saturated carbocycles. The minimum absolute atomic E-state index is 0.0611. The van der Waals surface area contributed by atoms with Gasteiger partial charge in [-0.15, -0.1) is 0 Å². The van der Waals surface area contributed by atoms with Gasteiger partial charge >= 0.3 is 0 Å². The zero-order valence-electron chi connectivity index (χ0n) is 18.2. The van der Waals surface area contributed by atoms with Gasteiger partial charge < -0.3 is 10.2 Å². The summed E-state index contributed by atoms with van der Waals surface area (Å²) in [7, 11) is 0. The molecule has 1 fully saturated rings. The second-order valence-electron chi connectivity index (χ2n) is 7.88. The Hall–Kier alpha value is -3.59. The highest BCUT2D eigenvalue weighted by Crippen LogP contribution is 2.29. The second kappa shape index (κ2) is 10.8. The lowest BCUT2D eigenvalue weighted by Crippen LogP contribution is -2.46. The fraction of sp³-hybridized carbons (Fsp3) is 0.185. The summed E-state index contributed by atoms with van der Waals surface area (Å²) in [6, 6.07) is 30.2. The van der Waals surface area contributed by atoms with E-state index >= 15 is 0 Å². The quantitative estimate of drug-likeness (QED) is 0.414. The van der Waals surface area contributed by atoms with Gasteiger partial charge in [0.2, 0.25) is 0 Å². The van der Waals surface area contributed by atoms with Crippen molar-refractivity contribution >= 4 is 23.2 Å². The smallest absolute Gasteiger partial charge is 0.267 e. The maximum absolute atomic E-state index is 12.6. The minimum Gasteiger partial charge on any atom is -0.374 e. The molecule has 0 spiro atoms. The van der Waals surface area contributed by atoms with Crippen molar-refractivity contribution in [1.29, 1.82) is 5.26 Å². The number of para-hydroxylation sites is 1. The van der Waals surface area contributed by atoms with E-state index in [0.29, 0.717) is 10.7 Å². The number of nitriles is 1. The number of carbonyl (C=O) groups excluding carboxylic acids is 1. The molecule has 4 rings (SSSR count). The van der Waals surface area contributed by atoms with E-state index in [0.717, 1.165) is 26.2 Å². The van der Waals surface area contributed by atoms with Crippen molar-refractivity contribution in [3.63, 3.8) is 0 Å². The molecule has 33 heavy (non-hydrogen) atoms. The van der Waals surface area contributed by atoms with E-state index in [1.165, 1.54) is 11.1 Å². The average molecular weight is 457 g/mol. The van der Waals surface area contributed by atoms with Crippen LogP contribution in [0.15, 0.2) is 96.7 Å². The highest BCUT2D eigenvalue weighted by molar-refractivity contribution is 6.33. The van der Waals surface area contributed by atoms with Crippen LogP contribution in [-0.4, -0.2) is 41.9 Å². The first kappa shape index (κ1) is 22.6. The van der Waals surface area contributed by atoms with Crippen LogP contribution in [0.25, 0.3) is 0 Å². The summed E-state index contributed by atoms with van der Waals surface area (Å²) in [5.41, 5.74) is 3.06. The van der Waals surface area contributed by atoms with Gasteiger partial charge in [0.25, 0.3) is 5.91 Å². The van der Waals surface area contributed by atoms with Gasteiger partial charge in [0, 0.05) is 32.4 Å². The van der Waals surface area contributed by atoms with E-state index in [1.54, 1.807) is 30.5 Å². The lowest BCUT2D eigenvalue weighted by Gasteiger charge is -2.39. The van der Waals surface area contributed by atoms with Crippen LogP contribution in [-0.2, 0) is 4.79 Å². The van der Waals surface area contributed by atoms with E-state index in [-0.39, 0.29) is 11.6 Å². The Labute approximate surface area is 199 Å². The monoisotopic (exact) mass is 456 g/mol. The predicted octanol–water partition coefficient (Wildman–Crippen LogP) is 5.09. The molecule has 0 atom stereocenters. The molecule has 0 bridgehead atoms. The Kier molecular flexibility index (Phi) is 7.41. The van der Waals surface area contributed by atoms with E-state index in [9.17, 15) is 10.1 Å². The summed E-state index contributed by atoms with van der Waals surface area (Å²) in [5, 5.41) is 12.7. The Morgan fingerprint density at radius 2 is 1.42 bits per heavy atom. The van der Waals surface area contributed by atoms with Gasteiger partial charge in [0.05, 0.1) is 16.8 Å². The highest BCUT2D eigenvalue weighted by atomic mass is 35.5. The number of nitrogens with zero attached hydrogens (tertiary/aromatic N) is 3. The number of carbonyl (C=O) groups is 1. The lowest BCUT2D eigenvalue weighted by molar-refractivity contribution is -0.112. The maximum atomic E-state index is 12.6. The maximum Gasteiger partial charge on any atom is 0.267 e. The number of amides is 1. The number of benzene rings is 3. The molecule has 1 saturated heterocycles. The van der Waals surface area contributed by atoms with Crippen molar-refractivity contribution < 1.29 is 4.79 Å². The van der Waals surface area contributed by atoms with Gasteiger partial charge in [0.15, 0.2) is 0 Å². The highest BCUT2D eigenvalue weighted by Gasteiger charge is 2.26. The molecule has 1 N–H and O–H groups in total. The molecule has 1 amide bonds. The minimum atomic E-state index is -0.459. The molecule has 1 aliphatic heterocycles. The van der Waals surface area contributed by atoms with Crippen LogP contribution in [0.5, 0.6) is 0 Å². The normalized spacial score (nSPS) is 14.7. The Morgan fingerprint density at radius 3 is 1.97 bits per heavy atom. The molecule has 0 unspecified atom stereocenters. The van der Waals surface area contributed by atoms with Gasteiger partial charge in [-0.25, -0.2) is 0 Å². The first-order valence-electron chi connectivity index (χ1n) is 10.9. The molecule has 166 valence electrons. The molecular weight excluding hydrogens is 432 g/mol. The van der Waals surface area contributed by atoms with E-state index < -0.39 is 5.91 Å². The summed E-state index contributed by atoms with van der Waals surface area (Å²) >= 11 is 6.12. The first-order valence-corrected chi connectivity index (χ1v) is 11.3. The topological polar surface area (TPSA) is 59.4 Å². The third kappa shape index (κ3) is 5.61. The molecular formula is C27H25ClN4O. The summed E-state index contributed by atoms with van der Waals surface area (Å²) in [6.07, 6.45) is 1.66. The molecule has 1 aliphatic rings. The van der Waals surface area contributed by atoms with Crippen molar-refractivity contribution in [3.05, 3.63) is 113 Å². The molecule has 5 nitrogen and oxygen atoms in total. The summed E-state index contributed by atoms with van der Waals surface area (Å²) in [6.45, 7) is 3.08. The van der Waals surface area contributed by atoms with E-state index in [2.05, 4.69) is 58.7 Å². The van der Waals surface area contributed by atoms with Gasteiger partial charge in [-0.2, -0.15) is 5.26 Å². The fourth-order valence-electron chi connectivity index (χ4n) is 4.08. The number of hydrogen-bond donors (Lipinski definition) is 1. The van der Waals surface area contributed by atoms with Crippen molar-refractivity contribution in [1.82, 2.24) is 9.80 Å². The number of halogens is 1. The van der Waals surface area contributed by atoms with Crippen molar-refractivity contribution in [2.24, 2.45) is 0 Å². The molecule has 0 radical (unpaired) electrons. The van der Waals surface area contributed by atoms with Gasteiger partial charge in [-0.05, 0) is 23.3 Å². The fourth-order valence-corrected chi connectivity index (χ4v) is 4.27. The second-order valence-corrected chi connectivity index (χ2v) is 8.29. The van der Waals surface area contributed by atoms with Crippen LogP contribution >= 0.6 is 11.6 Å². The Balaban J connectivity index is 1.45. The summed E-state index contributed by atoms with van der Waals surface area (Å²) in [5.74, 6) is -0.459. The SMILES string of the molecule is N#C/C(=C/N1CCN(C(c2ccccc2)c2ccccc2)CC1)C(=O)Nc1ccccc1Cl. The van der Waals surface area contributed by atoms with Crippen LogP contribution in [0.1, 0.15) is 17.2 Å². The molecule has 3 aromatic rings. The first-order chi connectivity index (χ1) is 16.2.